The Morgan fingerprint density at radius 2 is 1.92 bits per heavy atom. The Morgan fingerprint density at radius 1 is 1.17 bits per heavy atom. The highest BCUT2D eigenvalue weighted by Gasteiger charge is 2.51. The molecule has 6 heteroatoms. The predicted octanol–water partition coefficient (Wildman–Crippen LogP) is 1.43. The first kappa shape index (κ1) is 14.9. The minimum atomic E-state index is -0.920. The number of hydrogen-bond acceptors (Lipinski definition) is 3. The Kier molecular flexibility index (Phi) is 3.40. The second kappa shape index (κ2) is 5.47. The van der Waals surface area contributed by atoms with Crippen molar-refractivity contribution in [2.24, 2.45) is 23.7 Å². The van der Waals surface area contributed by atoms with Gasteiger partial charge in [-0.15, -0.1) is 0 Å². The average Bonchev–Trinajstić information content (AvgIpc) is 3.16. The lowest BCUT2D eigenvalue weighted by molar-refractivity contribution is -0.146. The van der Waals surface area contributed by atoms with Gasteiger partial charge in [-0.2, -0.15) is 0 Å². The Hall–Kier alpha value is -2.63. The standard InChI is InChI=1S/C18H18N2O4/c21-16-13-8-12(4-3-9(13)5-6-19-16)20-17(22)14-10-1-2-11(7-10)15(14)18(23)24/h1-4,8,10-11,14-15H,5-7H2,(H,19,21)(H,20,22)(H,23,24). The topological polar surface area (TPSA) is 95.5 Å². The lowest BCUT2D eigenvalue weighted by atomic mass is 9.82. The van der Waals surface area contributed by atoms with E-state index in [-0.39, 0.29) is 23.7 Å². The summed E-state index contributed by atoms with van der Waals surface area (Å²) < 4.78 is 0. The molecule has 1 aromatic rings. The molecule has 1 aliphatic heterocycles. The van der Waals surface area contributed by atoms with E-state index in [0.29, 0.717) is 17.8 Å². The first-order valence-electron chi connectivity index (χ1n) is 8.17. The molecule has 0 spiro atoms. The van der Waals surface area contributed by atoms with Crippen LogP contribution in [0.1, 0.15) is 22.3 Å². The highest BCUT2D eigenvalue weighted by Crippen LogP contribution is 2.48. The summed E-state index contributed by atoms with van der Waals surface area (Å²) in [4.78, 5) is 36.1. The van der Waals surface area contributed by atoms with Crippen LogP contribution in [0.3, 0.4) is 0 Å². The van der Waals surface area contributed by atoms with Crippen molar-refractivity contribution in [1.29, 1.82) is 0 Å². The maximum Gasteiger partial charge on any atom is 0.307 e. The Labute approximate surface area is 138 Å². The SMILES string of the molecule is O=C1NCCc2ccc(NC(=O)C3C4C=CC(C4)C3C(=O)O)cc21. The molecule has 2 amide bonds. The number of allylic oxidation sites excluding steroid dienone is 2. The van der Waals surface area contributed by atoms with Crippen LogP contribution in [0.4, 0.5) is 5.69 Å². The van der Waals surface area contributed by atoms with Gasteiger partial charge in [-0.3, -0.25) is 14.4 Å². The third-order valence-corrected chi connectivity index (χ3v) is 5.35. The van der Waals surface area contributed by atoms with E-state index in [2.05, 4.69) is 10.6 Å². The number of anilines is 1. The normalized spacial score (nSPS) is 29.9. The van der Waals surface area contributed by atoms with E-state index in [1.807, 2.05) is 18.2 Å². The maximum absolute atomic E-state index is 12.7. The van der Waals surface area contributed by atoms with Gasteiger partial charge in [-0.25, -0.2) is 0 Å². The number of nitrogens with one attached hydrogen (secondary N) is 2. The van der Waals surface area contributed by atoms with E-state index in [9.17, 15) is 19.5 Å². The van der Waals surface area contributed by atoms with Crippen LogP contribution < -0.4 is 10.6 Å². The van der Waals surface area contributed by atoms with Gasteiger partial charge in [-0.05, 0) is 42.4 Å². The van der Waals surface area contributed by atoms with Gasteiger partial charge in [-0.1, -0.05) is 18.2 Å². The molecule has 4 rings (SSSR count). The first-order valence-corrected chi connectivity index (χ1v) is 8.17. The largest absolute Gasteiger partial charge is 0.481 e. The molecule has 1 heterocycles. The third-order valence-electron chi connectivity index (χ3n) is 5.35. The molecule has 2 aliphatic carbocycles. The van der Waals surface area contributed by atoms with Crippen LogP contribution in [0.15, 0.2) is 30.4 Å². The van der Waals surface area contributed by atoms with Crippen molar-refractivity contribution in [3.63, 3.8) is 0 Å². The zero-order chi connectivity index (χ0) is 16.8. The van der Waals surface area contributed by atoms with Crippen molar-refractivity contribution >= 4 is 23.5 Å². The minimum absolute atomic E-state index is 0.0166. The van der Waals surface area contributed by atoms with Crippen LogP contribution in [0.25, 0.3) is 0 Å². The number of carbonyl (C=O) groups excluding carboxylic acids is 2. The quantitative estimate of drug-likeness (QED) is 0.732. The lowest BCUT2D eigenvalue weighted by Gasteiger charge is -2.24. The van der Waals surface area contributed by atoms with Crippen LogP contribution in [0.5, 0.6) is 0 Å². The third kappa shape index (κ3) is 2.29. The number of rotatable bonds is 3. The van der Waals surface area contributed by atoms with Gasteiger partial charge in [0.15, 0.2) is 0 Å². The van der Waals surface area contributed by atoms with E-state index >= 15 is 0 Å². The summed E-state index contributed by atoms with van der Waals surface area (Å²) in [7, 11) is 0. The van der Waals surface area contributed by atoms with E-state index in [0.717, 1.165) is 18.4 Å². The molecule has 3 N–H and O–H groups in total. The summed E-state index contributed by atoms with van der Waals surface area (Å²) in [5.74, 6) is -2.64. The fraction of sp³-hybridized carbons (Fsp3) is 0.389. The van der Waals surface area contributed by atoms with E-state index < -0.39 is 17.8 Å². The Bertz CT molecular complexity index is 770. The molecule has 0 saturated heterocycles. The summed E-state index contributed by atoms with van der Waals surface area (Å²) >= 11 is 0. The highest BCUT2D eigenvalue weighted by molar-refractivity contribution is 6.00. The minimum Gasteiger partial charge on any atom is -0.481 e. The molecule has 6 nitrogen and oxygen atoms in total. The van der Waals surface area contributed by atoms with Crippen molar-refractivity contribution in [3.05, 3.63) is 41.5 Å². The van der Waals surface area contributed by atoms with Gasteiger partial charge < -0.3 is 15.7 Å². The molecule has 3 aliphatic rings. The van der Waals surface area contributed by atoms with Gasteiger partial charge in [0.1, 0.15) is 0 Å². The Balaban J connectivity index is 1.56. The summed E-state index contributed by atoms with van der Waals surface area (Å²) in [6.07, 6.45) is 5.36. The number of hydrogen-bond donors (Lipinski definition) is 3. The lowest BCUT2D eigenvalue weighted by Crippen LogP contribution is -2.36. The summed E-state index contributed by atoms with van der Waals surface area (Å²) in [6.45, 7) is 0.620. The van der Waals surface area contributed by atoms with Crippen LogP contribution in [0, 0.1) is 23.7 Å². The monoisotopic (exact) mass is 326 g/mol. The predicted molar refractivity (Wildman–Crippen MR) is 86.5 cm³/mol. The van der Waals surface area contributed by atoms with E-state index in [1.165, 1.54) is 0 Å². The molecular weight excluding hydrogens is 308 g/mol. The van der Waals surface area contributed by atoms with Crippen LogP contribution in [-0.4, -0.2) is 29.4 Å². The van der Waals surface area contributed by atoms with Crippen LogP contribution in [-0.2, 0) is 16.0 Å². The fourth-order valence-electron chi connectivity index (χ4n) is 4.23. The number of benzene rings is 1. The molecule has 124 valence electrons. The first-order chi connectivity index (χ1) is 11.5. The van der Waals surface area contributed by atoms with Crippen LogP contribution in [0.2, 0.25) is 0 Å². The van der Waals surface area contributed by atoms with Crippen LogP contribution >= 0.6 is 0 Å². The smallest absolute Gasteiger partial charge is 0.307 e. The van der Waals surface area contributed by atoms with Crippen molar-refractivity contribution in [2.45, 2.75) is 12.8 Å². The second-order valence-electron chi connectivity index (χ2n) is 6.71. The number of amides is 2. The molecule has 1 saturated carbocycles. The molecule has 24 heavy (non-hydrogen) atoms. The molecule has 0 radical (unpaired) electrons. The van der Waals surface area contributed by atoms with Gasteiger partial charge in [0.05, 0.1) is 11.8 Å². The molecule has 1 aromatic carbocycles. The molecule has 4 atom stereocenters. The van der Waals surface area contributed by atoms with Crippen molar-refractivity contribution in [3.8, 4) is 0 Å². The number of fused-ring (bicyclic) bond motifs is 3. The summed E-state index contributed by atoms with van der Waals surface area (Å²) in [5, 5.41) is 15.0. The number of aliphatic carboxylic acids is 1. The molecule has 2 bridgehead atoms. The summed E-state index contributed by atoms with van der Waals surface area (Å²) in [6, 6.07) is 5.29. The van der Waals surface area contributed by atoms with Crippen molar-refractivity contribution < 1.29 is 19.5 Å². The Morgan fingerprint density at radius 3 is 2.67 bits per heavy atom. The zero-order valence-corrected chi connectivity index (χ0v) is 13.0. The van der Waals surface area contributed by atoms with Gasteiger partial charge in [0.2, 0.25) is 5.91 Å². The van der Waals surface area contributed by atoms with E-state index in [1.54, 1.807) is 12.1 Å². The maximum atomic E-state index is 12.7. The van der Waals surface area contributed by atoms with E-state index in [4.69, 9.17) is 0 Å². The van der Waals surface area contributed by atoms with Crippen molar-refractivity contribution in [2.75, 3.05) is 11.9 Å². The highest BCUT2D eigenvalue weighted by atomic mass is 16.4. The molecule has 4 unspecified atom stereocenters. The molecule has 0 aromatic heterocycles. The second-order valence-corrected chi connectivity index (χ2v) is 6.71. The van der Waals surface area contributed by atoms with Gasteiger partial charge in [0, 0.05) is 17.8 Å². The fourth-order valence-corrected chi connectivity index (χ4v) is 4.23. The number of carbonyl (C=O) groups is 3. The van der Waals surface area contributed by atoms with Gasteiger partial charge >= 0.3 is 5.97 Å². The van der Waals surface area contributed by atoms with Crippen molar-refractivity contribution in [1.82, 2.24) is 5.32 Å². The molecular formula is C18H18N2O4. The average molecular weight is 326 g/mol. The summed E-state index contributed by atoms with van der Waals surface area (Å²) in [5.41, 5.74) is 2.07. The van der Waals surface area contributed by atoms with Gasteiger partial charge in [0.25, 0.3) is 5.91 Å². The molecule has 1 fully saturated rings. The number of carboxylic acids is 1. The number of carboxylic acid groups (broad SMARTS) is 1. The zero-order valence-electron chi connectivity index (χ0n) is 13.0.